The molecule has 0 N–H and O–H groups in total. The van der Waals surface area contributed by atoms with Crippen LogP contribution in [0.5, 0.6) is 0 Å². The van der Waals surface area contributed by atoms with E-state index in [1.54, 1.807) is 10.4 Å². The van der Waals surface area contributed by atoms with Crippen molar-refractivity contribution < 1.29 is 17.9 Å². The molecule has 0 atom stereocenters. The van der Waals surface area contributed by atoms with Crippen LogP contribution >= 0.6 is 0 Å². The zero-order chi connectivity index (χ0) is 14.3. The number of carbonyl (C=O) groups is 1. The minimum absolute atomic E-state index is 0.00750. The fraction of sp³-hybridized carbons (Fsp3) is 0.769. The number of sulfonamides is 1. The van der Waals surface area contributed by atoms with Gasteiger partial charge in [-0.05, 0) is 19.3 Å². The molecule has 5 nitrogen and oxygen atoms in total. The van der Waals surface area contributed by atoms with E-state index in [4.69, 9.17) is 0 Å². The molecule has 110 valence electrons. The maximum Gasteiger partial charge on any atom is 0.305 e. The number of esters is 1. The third-order valence-electron chi connectivity index (χ3n) is 3.41. The molecular formula is C13H23NO4S. The number of rotatable bonds is 8. The summed E-state index contributed by atoms with van der Waals surface area (Å²) in [5.74, 6) is -0.377. The van der Waals surface area contributed by atoms with E-state index in [0.29, 0.717) is 13.0 Å². The topological polar surface area (TPSA) is 63.7 Å². The van der Waals surface area contributed by atoms with E-state index in [0.717, 1.165) is 25.7 Å². The van der Waals surface area contributed by atoms with Crippen LogP contribution in [0.25, 0.3) is 0 Å². The second-order valence-electron chi connectivity index (χ2n) is 4.79. The number of ether oxygens (including phenoxy) is 1. The Labute approximate surface area is 115 Å². The summed E-state index contributed by atoms with van der Waals surface area (Å²) in [6.45, 7) is 3.98. The molecule has 0 aromatic carbocycles. The Morgan fingerprint density at radius 3 is 2.58 bits per heavy atom. The van der Waals surface area contributed by atoms with Gasteiger partial charge in [-0.25, -0.2) is 8.42 Å². The SMILES string of the molecule is C=CCN(C1CCCC1)S(=O)(=O)CCCC(=O)OC. The van der Waals surface area contributed by atoms with Crippen LogP contribution in [0.2, 0.25) is 0 Å². The van der Waals surface area contributed by atoms with Crippen molar-refractivity contribution in [1.29, 1.82) is 0 Å². The smallest absolute Gasteiger partial charge is 0.305 e. The molecule has 1 aliphatic rings. The minimum atomic E-state index is -3.32. The Morgan fingerprint density at radius 1 is 1.42 bits per heavy atom. The molecule has 0 bridgehead atoms. The monoisotopic (exact) mass is 289 g/mol. The highest BCUT2D eigenvalue weighted by Crippen LogP contribution is 2.26. The molecule has 6 heteroatoms. The van der Waals surface area contributed by atoms with Crippen molar-refractivity contribution in [2.24, 2.45) is 0 Å². The third kappa shape index (κ3) is 4.95. The van der Waals surface area contributed by atoms with Crippen molar-refractivity contribution in [2.75, 3.05) is 19.4 Å². The Hall–Kier alpha value is -0.880. The van der Waals surface area contributed by atoms with Crippen LogP contribution in [0.4, 0.5) is 0 Å². The summed E-state index contributed by atoms with van der Waals surface area (Å²) in [7, 11) is -2.01. The van der Waals surface area contributed by atoms with Gasteiger partial charge in [0.2, 0.25) is 10.0 Å². The highest BCUT2D eigenvalue weighted by atomic mass is 32.2. The van der Waals surface area contributed by atoms with Crippen molar-refractivity contribution in [2.45, 2.75) is 44.6 Å². The minimum Gasteiger partial charge on any atom is -0.469 e. The van der Waals surface area contributed by atoms with Crippen LogP contribution in [-0.4, -0.2) is 44.1 Å². The predicted octanol–water partition coefficient (Wildman–Crippen LogP) is 1.70. The molecule has 0 heterocycles. The third-order valence-corrected chi connectivity index (χ3v) is 5.38. The number of nitrogens with zero attached hydrogens (tertiary/aromatic N) is 1. The fourth-order valence-corrected chi connectivity index (χ4v) is 4.17. The highest BCUT2D eigenvalue weighted by molar-refractivity contribution is 7.89. The van der Waals surface area contributed by atoms with Gasteiger partial charge in [-0.3, -0.25) is 4.79 Å². The Balaban J connectivity index is 2.59. The second kappa shape index (κ2) is 7.65. The molecule has 0 aromatic rings. The molecule has 0 saturated heterocycles. The van der Waals surface area contributed by atoms with E-state index in [1.807, 2.05) is 0 Å². The molecule has 0 unspecified atom stereocenters. The lowest BCUT2D eigenvalue weighted by Crippen LogP contribution is -2.40. The fourth-order valence-electron chi connectivity index (χ4n) is 2.43. The van der Waals surface area contributed by atoms with Gasteiger partial charge in [0.1, 0.15) is 0 Å². The first-order chi connectivity index (χ1) is 9.01. The number of hydrogen-bond acceptors (Lipinski definition) is 4. The molecule has 1 saturated carbocycles. The lowest BCUT2D eigenvalue weighted by molar-refractivity contribution is -0.140. The highest BCUT2D eigenvalue weighted by Gasteiger charge is 2.30. The first-order valence-corrected chi connectivity index (χ1v) is 8.29. The average Bonchev–Trinajstić information content (AvgIpc) is 2.88. The summed E-state index contributed by atoms with van der Waals surface area (Å²) >= 11 is 0. The summed E-state index contributed by atoms with van der Waals surface area (Å²) in [4.78, 5) is 11.0. The van der Waals surface area contributed by atoms with Gasteiger partial charge in [0.25, 0.3) is 0 Å². The van der Waals surface area contributed by atoms with Gasteiger partial charge in [0, 0.05) is 19.0 Å². The van der Waals surface area contributed by atoms with Crippen LogP contribution in [0.15, 0.2) is 12.7 Å². The zero-order valence-corrected chi connectivity index (χ0v) is 12.3. The van der Waals surface area contributed by atoms with Gasteiger partial charge in [-0.1, -0.05) is 18.9 Å². The summed E-state index contributed by atoms with van der Waals surface area (Å²) in [6.07, 6.45) is 6.06. The van der Waals surface area contributed by atoms with E-state index in [1.165, 1.54) is 7.11 Å². The normalized spacial score (nSPS) is 16.7. The number of methoxy groups -OCH3 is 1. The number of hydrogen-bond donors (Lipinski definition) is 0. The Bertz CT molecular complexity index is 399. The molecule has 0 spiro atoms. The van der Waals surface area contributed by atoms with E-state index in [2.05, 4.69) is 11.3 Å². The molecular weight excluding hydrogens is 266 g/mol. The largest absolute Gasteiger partial charge is 0.469 e. The van der Waals surface area contributed by atoms with Gasteiger partial charge in [-0.15, -0.1) is 6.58 Å². The van der Waals surface area contributed by atoms with Crippen molar-refractivity contribution in [1.82, 2.24) is 4.31 Å². The maximum atomic E-state index is 12.3. The molecule has 0 amide bonds. The van der Waals surface area contributed by atoms with Crippen LogP contribution in [0, 0.1) is 0 Å². The molecule has 0 radical (unpaired) electrons. The Kier molecular flexibility index (Phi) is 6.51. The molecule has 19 heavy (non-hydrogen) atoms. The molecule has 1 aliphatic carbocycles. The van der Waals surface area contributed by atoms with E-state index >= 15 is 0 Å². The summed E-state index contributed by atoms with van der Waals surface area (Å²) in [5, 5.41) is 0. The van der Waals surface area contributed by atoms with E-state index < -0.39 is 10.0 Å². The molecule has 1 rings (SSSR count). The predicted molar refractivity (Wildman–Crippen MR) is 74.2 cm³/mol. The number of carbonyl (C=O) groups excluding carboxylic acids is 1. The van der Waals surface area contributed by atoms with E-state index in [9.17, 15) is 13.2 Å². The second-order valence-corrected chi connectivity index (χ2v) is 6.83. The van der Waals surface area contributed by atoms with E-state index in [-0.39, 0.29) is 24.2 Å². The van der Waals surface area contributed by atoms with Crippen LogP contribution < -0.4 is 0 Å². The van der Waals surface area contributed by atoms with Crippen molar-refractivity contribution in [3.8, 4) is 0 Å². The van der Waals surface area contributed by atoms with Gasteiger partial charge in [0.15, 0.2) is 0 Å². The lowest BCUT2D eigenvalue weighted by atomic mass is 10.2. The van der Waals surface area contributed by atoms with Crippen molar-refractivity contribution in [3.05, 3.63) is 12.7 Å². The summed E-state index contributed by atoms with van der Waals surface area (Å²) < 4.78 is 30.7. The van der Waals surface area contributed by atoms with Crippen LogP contribution in [-0.2, 0) is 19.6 Å². The van der Waals surface area contributed by atoms with Gasteiger partial charge in [-0.2, -0.15) is 4.31 Å². The van der Waals surface area contributed by atoms with Gasteiger partial charge in [0.05, 0.1) is 12.9 Å². The maximum absolute atomic E-state index is 12.3. The first kappa shape index (κ1) is 16.2. The van der Waals surface area contributed by atoms with Crippen molar-refractivity contribution in [3.63, 3.8) is 0 Å². The zero-order valence-electron chi connectivity index (χ0n) is 11.5. The molecule has 0 aromatic heterocycles. The molecule has 0 aliphatic heterocycles. The average molecular weight is 289 g/mol. The van der Waals surface area contributed by atoms with Crippen LogP contribution in [0.1, 0.15) is 38.5 Å². The lowest BCUT2D eigenvalue weighted by Gasteiger charge is -2.26. The van der Waals surface area contributed by atoms with Crippen LogP contribution in [0.3, 0.4) is 0 Å². The quantitative estimate of drug-likeness (QED) is 0.504. The van der Waals surface area contributed by atoms with Crippen molar-refractivity contribution >= 4 is 16.0 Å². The first-order valence-electron chi connectivity index (χ1n) is 6.68. The molecule has 1 fully saturated rings. The standard InChI is InChI=1S/C13H23NO4S/c1-3-10-14(12-7-4-5-8-12)19(16,17)11-6-9-13(15)18-2/h3,12H,1,4-11H2,2H3. The summed E-state index contributed by atoms with van der Waals surface area (Å²) in [5.41, 5.74) is 0. The Morgan fingerprint density at radius 2 is 2.05 bits per heavy atom. The van der Waals surface area contributed by atoms with Gasteiger partial charge < -0.3 is 4.74 Å². The van der Waals surface area contributed by atoms with Gasteiger partial charge >= 0.3 is 5.97 Å². The summed E-state index contributed by atoms with van der Waals surface area (Å²) in [6, 6.07) is 0.0983.